The minimum atomic E-state index is -2.04. The van der Waals surface area contributed by atoms with E-state index in [1.165, 1.54) is 12.1 Å². The first-order chi connectivity index (χ1) is 12.1. The number of fused-ring (bicyclic) bond motifs is 1. The van der Waals surface area contributed by atoms with E-state index in [1.54, 1.807) is 0 Å². The van der Waals surface area contributed by atoms with Gasteiger partial charge in [0.2, 0.25) is 0 Å². The van der Waals surface area contributed by atoms with Gasteiger partial charge in [0.15, 0.2) is 0 Å². The van der Waals surface area contributed by atoms with Crippen molar-refractivity contribution in [2.45, 2.75) is 38.3 Å². The van der Waals surface area contributed by atoms with Gasteiger partial charge >= 0.3 is 8.84 Å². The van der Waals surface area contributed by atoms with Gasteiger partial charge in [0.25, 0.3) is 0 Å². The van der Waals surface area contributed by atoms with E-state index in [2.05, 4.69) is 53.1 Å². The minimum absolute atomic E-state index is 0. The fourth-order valence-electron chi connectivity index (χ4n) is 3.32. The number of halogens is 1. The molecule has 2 nitrogen and oxygen atoms in total. The van der Waals surface area contributed by atoms with Crippen molar-refractivity contribution < 1.29 is 34.7 Å². The number of nitrogens with zero attached hydrogens (tertiary/aromatic N) is 1. The molecule has 0 spiro atoms. The fourth-order valence-corrected chi connectivity index (χ4v) is 5.66. The Hall–Kier alpha value is -1.20. The van der Waals surface area contributed by atoms with Crippen LogP contribution in [0.1, 0.15) is 43.0 Å². The zero-order valence-corrected chi connectivity index (χ0v) is 19.3. The summed E-state index contributed by atoms with van der Waals surface area (Å²) in [5, 5.41) is 0. The molecule has 0 heterocycles. The average molecular weight is 416 g/mol. The molecule has 1 aliphatic carbocycles. The Morgan fingerprint density at radius 2 is 1.63 bits per heavy atom. The zero-order valence-electron chi connectivity index (χ0n) is 16.7. The molecule has 0 saturated heterocycles. The minimum Gasteiger partial charge on any atom is -0.328 e. The third-order valence-electron chi connectivity index (χ3n) is 5.82. The molecular weight excluding hydrogens is 389 g/mol. The first-order valence-electron chi connectivity index (χ1n) is 9.03. The van der Waals surface area contributed by atoms with Crippen LogP contribution in [0.3, 0.4) is 0 Å². The Balaban J connectivity index is 0.00000261. The van der Waals surface area contributed by atoms with Crippen LogP contribution in [0.25, 0.3) is 6.08 Å². The van der Waals surface area contributed by atoms with Gasteiger partial charge < -0.3 is 8.61 Å². The van der Waals surface area contributed by atoms with E-state index in [9.17, 15) is 8.85 Å². The van der Waals surface area contributed by atoms with Crippen molar-refractivity contribution in [1.82, 2.24) is 0 Å². The molecule has 0 aliphatic heterocycles. The summed E-state index contributed by atoms with van der Waals surface area (Å²) >= 11 is 0. The standard InChI is InChI=1S/C22H27FNOSi.Ti/c1-22(2,3)24(4,5)26(25)21-18(14-16-10-12-19(23)13-11-16)15-17-8-6-7-9-20(17)21;/h6-13,15,21H,14H2,1-5H3;/q+1;. The second kappa shape index (κ2) is 8.04. The van der Waals surface area contributed by atoms with Crippen molar-refractivity contribution >= 4 is 14.9 Å². The van der Waals surface area contributed by atoms with Crippen LogP contribution >= 0.6 is 0 Å². The molecule has 140 valence electrons. The number of hydrogen-bond acceptors (Lipinski definition) is 1. The Morgan fingerprint density at radius 1 is 1.04 bits per heavy atom. The molecule has 0 amide bonds. The Morgan fingerprint density at radius 3 is 2.22 bits per heavy atom. The van der Waals surface area contributed by atoms with Crippen LogP contribution in [0, 0.1) is 5.82 Å². The van der Waals surface area contributed by atoms with Gasteiger partial charge in [-0.1, -0.05) is 42.5 Å². The van der Waals surface area contributed by atoms with Gasteiger partial charge in [-0.2, -0.15) is 0 Å². The van der Waals surface area contributed by atoms with Crippen LogP contribution in [0.15, 0.2) is 54.1 Å². The summed E-state index contributed by atoms with van der Waals surface area (Å²) < 4.78 is 27.5. The van der Waals surface area contributed by atoms with Gasteiger partial charge in [0.1, 0.15) is 11.4 Å². The molecule has 0 fully saturated rings. The number of rotatable bonds is 4. The summed E-state index contributed by atoms with van der Waals surface area (Å²) in [6.45, 7) is 6.42. The van der Waals surface area contributed by atoms with E-state index in [1.807, 2.05) is 24.3 Å². The molecule has 1 atom stereocenters. The van der Waals surface area contributed by atoms with Crippen LogP contribution in [0.5, 0.6) is 0 Å². The largest absolute Gasteiger partial charge is 0.565 e. The molecule has 0 N–H and O–H groups in total. The Bertz CT molecular complexity index is 869. The first kappa shape index (κ1) is 22.1. The molecule has 1 aliphatic rings. The average Bonchev–Trinajstić information content (AvgIpc) is 2.93. The molecular formula is C22H27FNOSiTi+. The fraction of sp³-hybridized carbons (Fsp3) is 0.364. The van der Waals surface area contributed by atoms with E-state index >= 15 is 0 Å². The quantitative estimate of drug-likeness (QED) is 0.650. The summed E-state index contributed by atoms with van der Waals surface area (Å²) in [7, 11) is 2.09. The summed E-state index contributed by atoms with van der Waals surface area (Å²) in [4.78, 5) is 0. The smallest absolute Gasteiger partial charge is 0.328 e. The monoisotopic (exact) mass is 416 g/mol. The maximum atomic E-state index is 13.8. The maximum Gasteiger partial charge on any atom is 0.565 e. The number of quaternary nitrogens is 1. The molecule has 0 radical (unpaired) electrons. The van der Waals surface area contributed by atoms with Crippen LogP contribution in [0.4, 0.5) is 4.39 Å². The molecule has 0 saturated carbocycles. The van der Waals surface area contributed by atoms with E-state index < -0.39 is 8.84 Å². The van der Waals surface area contributed by atoms with Crippen molar-refractivity contribution in [3.05, 3.63) is 76.6 Å². The second-order valence-electron chi connectivity index (χ2n) is 8.55. The molecule has 27 heavy (non-hydrogen) atoms. The molecule has 3 rings (SSSR count). The summed E-state index contributed by atoms with van der Waals surface area (Å²) in [6, 6.07) is 14.8. The summed E-state index contributed by atoms with van der Waals surface area (Å²) in [5.74, 6) is -0.229. The molecule has 2 aromatic carbocycles. The summed E-state index contributed by atoms with van der Waals surface area (Å²) in [6.07, 6.45) is 2.87. The normalized spacial score (nSPS) is 16.4. The van der Waals surface area contributed by atoms with Crippen molar-refractivity contribution in [3.8, 4) is 0 Å². The van der Waals surface area contributed by atoms with Crippen molar-refractivity contribution in [2.24, 2.45) is 0 Å². The molecule has 2 aromatic rings. The molecule has 0 aromatic heterocycles. The van der Waals surface area contributed by atoms with Crippen molar-refractivity contribution in [3.63, 3.8) is 0 Å². The van der Waals surface area contributed by atoms with E-state index in [0.717, 1.165) is 22.3 Å². The summed E-state index contributed by atoms with van der Waals surface area (Å²) in [5.41, 5.74) is 4.33. The van der Waals surface area contributed by atoms with Gasteiger partial charge in [-0.3, -0.25) is 0 Å². The third kappa shape index (κ3) is 4.29. The van der Waals surface area contributed by atoms with Gasteiger partial charge in [-0.15, -0.1) is 0 Å². The molecule has 1 unspecified atom stereocenters. The Kier molecular flexibility index (Phi) is 6.58. The van der Waals surface area contributed by atoms with E-state index in [-0.39, 0.29) is 38.6 Å². The number of hydrogen-bond donors (Lipinski definition) is 0. The topological polar surface area (TPSA) is 17.1 Å². The first-order valence-corrected chi connectivity index (χ1v) is 10.5. The second-order valence-corrected chi connectivity index (χ2v) is 10.9. The predicted molar refractivity (Wildman–Crippen MR) is 106 cm³/mol. The number of allylic oxidation sites excluding steroid dienone is 1. The van der Waals surface area contributed by atoms with Crippen LogP contribution in [-0.4, -0.2) is 32.6 Å². The van der Waals surface area contributed by atoms with Gasteiger partial charge in [-0.05, 0) is 61.6 Å². The van der Waals surface area contributed by atoms with Crippen LogP contribution in [0.2, 0.25) is 0 Å². The molecule has 0 bridgehead atoms. The number of benzene rings is 2. The predicted octanol–water partition coefficient (Wildman–Crippen LogP) is 4.88. The zero-order chi connectivity index (χ0) is 19.1. The van der Waals surface area contributed by atoms with Crippen molar-refractivity contribution in [2.75, 3.05) is 14.1 Å². The van der Waals surface area contributed by atoms with Crippen LogP contribution in [-0.2, 0) is 32.6 Å². The van der Waals surface area contributed by atoms with Gasteiger partial charge in [-0.25, -0.2) is 4.39 Å². The Labute approximate surface area is 178 Å². The van der Waals surface area contributed by atoms with Gasteiger partial charge in [0, 0.05) is 21.7 Å². The van der Waals surface area contributed by atoms with Crippen LogP contribution < -0.4 is 0 Å². The van der Waals surface area contributed by atoms with E-state index in [4.69, 9.17) is 0 Å². The SMILES string of the molecule is CC(C)(C)[N+](C)(C)[Si](=O)C1C(Cc2ccc(F)cc2)=Cc2ccccc21.[Ti]. The van der Waals surface area contributed by atoms with E-state index in [0.29, 0.717) is 10.6 Å². The van der Waals surface area contributed by atoms with Gasteiger partial charge in [0.05, 0.1) is 19.6 Å². The molecule has 5 heteroatoms. The van der Waals surface area contributed by atoms with Crippen molar-refractivity contribution in [1.29, 1.82) is 0 Å². The maximum absolute atomic E-state index is 13.8. The third-order valence-corrected chi connectivity index (χ3v) is 8.76.